The van der Waals surface area contributed by atoms with Crippen LogP contribution in [0.25, 0.3) is 0 Å². The smallest absolute Gasteiger partial charge is 0.251 e. The van der Waals surface area contributed by atoms with E-state index >= 15 is 0 Å². The second kappa shape index (κ2) is 10.5. The third-order valence-electron chi connectivity index (χ3n) is 4.71. The van der Waals surface area contributed by atoms with Gasteiger partial charge in [-0.05, 0) is 74.6 Å². The summed E-state index contributed by atoms with van der Waals surface area (Å²) >= 11 is 7.46. The van der Waals surface area contributed by atoms with Crippen LogP contribution in [0.4, 0.5) is 5.69 Å². The van der Waals surface area contributed by atoms with Crippen LogP contribution in [0.1, 0.15) is 49.4 Å². The van der Waals surface area contributed by atoms with Crippen molar-refractivity contribution >= 4 is 40.9 Å². The zero-order chi connectivity index (χ0) is 20.6. The third kappa shape index (κ3) is 6.65. The summed E-state index contributed by atoms with van der Waals surface area (Å²) in [6.07, 6.45) is 7.99. The number of carbonyl (C=O) groups excluding carboxylic acids is 2. The number of rotatable bonds is 7. The number of amides is 2. The molecule has 0 radical (unpaired) electrons. The molecule has 0 saturated carbocycles. The van der Waals surface area contributed by atoms with E-state index in [1.807, 2.05) is 30.3 Å². The minimum absolute atomic E-state index is 0.129. The highest BCUT2D eigenvalue weighted by molar-refractivity contribution is 7.99. The molecule has 4 nitrogen and oxygen atoms in total. The molecule has 2 amide bonds. The number of carbonyl (C=O) groups is 2. The van der Waals surface area contributed by atoms with E-state index in [-0.39, 0.29) is 11.8 Å². The Morgan fingerprint density at radius 2 is 1.90 bits per heavy atom. The Morgan fingerprint density at radius 1 is 1.10 bits per heavy atom. The summed E-state index contributed by atoms with van der Waals surface area (Å²) in [5, 5.41) is 6.49. The van der Waals surface area contributed by atoms with Gasteiger partial charge in [-0.15, -0.1) is 0 Å². The van der Waals surface area contributed by atoms with Gasteiger partial charge in [-0.2, -0.15) is 0 Å². The van der Waals surface area contributed by atoms with Crippen LogP contribution >= 0.6 is 23.4 Å². The molecule has 2 N–H and O–H groups in total. The Kier molecular flexibility index (Phi) is 7.78. The molecule has 0 spiro atoms. The molecule has 152 valence electrons. The number of nitrogens with one attached hydrogen (secondary N) is 2. The average molecular weight is 429 g/mol. The number of benzene rings is 2. The van der Waals surface area contributed by atoms with Crippen molar-refractivity contribution in [3.8, 4) is 0 Å². The molecule has 0 aromatic heterocycles. The van der Waals surface area contributed by atoms with Gasteiger partial charge in [-0.25, -0.2) is 0 Å². The molecule has 1 aliphatic rings. The lowest BCUT2D eigenvalue weighted by Gasteiger charge is -2.14. The zero-order valence-corrected chi connectivity index (χ0v) is 18.0. The third-order valence-corrected chi connectivity index (χ3v) is 6.05. The van der Waals surface area contributed by atoms with Crippen LogP contribution in [0.5, 0.6) is 0 Å². The fourth-order valence-electron chi connectivity index (χ4n) is 3.25. The number of anilines is 1. The highest BCUT2D eigenvalue weighted by atomic mass is 35.5. The number of hydrogen-bond acceptors (Lipinski definition) is 3. The molecule has 0 aliphatic heterocycles. The normalized spacial score (nSPS) is 13.5. The van der Waals surface area contributed by atoms with Gasteiger partial charge in [0, 0.05) is 33.8 Å². The Balaban J connectivity index is 1.68. The summed E-state index contributed by atoms with van der Waals surface area (Å²) in [6.45, 7) is 2.09. The van der Waals surface area contributed by atoms with E-state index in [0.29, 0.717) is 22.8 Å². The van der Waals surface area contributed by atoms with Crippen molar-refractivity contribution in [3.63, 3.8) is 0 Å². The summed E-state index contributed by atoms with van der Waals surface area (Å²) < 4.78 is 0. The van der Waals surface area contributed by atoms with E-state index in [9.17, 15) is 9.59 Å². The molecule has 0 unspecified atom stereocenters. The molecule has 0 heterocycles. The minimum atomic E-state index is -0.176. The molecule has 2 aromatic rings. The highest BCUT2D eigenvalue weighted by Gasteiger charge is 2.12. The lowest BCUT2D eigenvalue weighted by molar-refractivity contribution is -0.114. The average Bonchev–Trinajstić information content (AvgIpc) is 2.71. The fourth-order valence-corrected chi connectivity index (χ4v) is 4.26. The molecular formula is C23H25ClN2O2S. The first kappa shape index (κ1) is 21.5. The van der Waals surface area contributed by atoms with Crippen LogP contribution in [-0.2, 0) is 4.79 Å². The zero-order valence-electron chi connectivity index (χ0n) is 16.5. The maximum Gasteiger partial charge on any atom is 0.251 e. The van der Waals surface area contributed by atoms with E-state index < -0.39 is 0 Å². The largest absolute Gasteiger partial charge is 0.352 e. The fraction of sp³-hybridized carbons (Fsp3) is 0.304. The van der Waals surface area contributed by atoms with Crippen molar-refractivity contribution in [1.29, 1.82) is 0 Å². The Bertz CT molecular complexity index is 910. The summed E-state index contributed by atoms with van der Waals surface area (Å²) in [6, 6.07) is 12.9. The van der Waals surface area contributed by atoms with Crippen LogP contribution in [0.2, 0.25) is 5.02 Å². The standard InChI is InChI=1S/C23H25ClN2O2S/c1-16(27)26-21-15-18(23(28)25-14-13-17-5-3-2-4-6-17)7-12-22(21)29-20-10-8-19(24)9-11-20/h5,7-12,15H,2-4,6,13-14H2,1H3,(H,25,28)(H,26,27). The lowest BCUT2D eigenvalue weighted by Crippen LogP contribution is -2.25. The van der Waals surface area contributed by atoms with Crippen molar-refractivity contribution in [1.82, 2.24) is 5.32 Å². The van der Waals surface area contributed by atoms with E-state index in [4.69, 9.17) is 11.6 Å². The Morgan fingerprint density at radius 3 is 2.59 bits per heavy atom. The van der Waals surface area contributed by atoms with E-state index in [1.54, 1.807) is 12.1 Å². The van der Waals surface area contributed by atoms with Gasteiger partial charge in [0.05, 0.1) is 5.69 Å². The molecule has 29 heavy (non-hydrogen) atoms. The SMILES string of the molecule is CC(=O)Nc1cc(C(=O)NCCC2=CCCCC2)ccc1Sc1ccc(Cl)cc1. The summed E-state index contributed by atoms with van der Waals surface area (Å²) in [5.74, 6) is -0.305. The molecular weight excluding hydrogens is 404 g/mol. The maximum absolute atomic E-state index is 12.6. The quantitative estimate of drug-likeness (QED) is 0.526. The van der Waals surface area contributed by atoms with Crippen LogP contribution in [0.15, 0.2) is 63.9 Å². The topological polar surface area (TPSA) is 58.2 Å². The van der Waals surface area contributed by atoms with Crippen molar-refractivity contribution in [3.05, 3.63) is 64.7 Å². The van der Waals surface area contributed by atoms with Crippen LogP contribution in [0, 0.1) is 0 Å². The van der Waals surface area contributed by atoms with Gasteiger partial charge in [0.2, 0.25) is 5.91 Å². The first-order chi connectivity index (χ1) is 14.0. The van der Waals surface area contributed by atoms with Gasteiger partial charge >= 0.3 is 0 Å². The summed E-state index contributed by atoms with van der Waals surface area (Å²) in [4.78, 5) is 26.1. The molecule has 1 aliphatic carbocycles. The summed E-state index contributed by atoms with van der Waals surface area (Å²) in [7, 11) is 0. The molecule has 0 fully saturated rings. The number of allylic oxidation sites excluding steroid dienone is 1. The molecule has 0 bridgehead atoms. The first-order valence-electron chi connectivity index (χ1n) is 9.82. The molecule has 3 rings (SSSR count). The molecule has 0 atom stereocenters. The number of hydrogen-bond donors (Lipinski definition) is 2. The second-order valence-corrected chi connectivity index (χ2v) is 8.61. The van der Waals surface area contributed by atoms with Gasteiger partial charge < -0.3 is 10.6 Å². The van der Waals surface area contributed by atoms with Gasteiger partial charge in [-0.1, -0.05) is 35.0 Å². The van der Waals surface area contributed by atoms with Crippen LogP contribution < -0.4 is 10.6 Å². The van der Waals surface area contributed by atoms with Gasteiger partial charge in [0.1, 0.15) is 0 Å². The van der Waals surface area contributed by atoms with Crippen molar-refractivity contribution in [2.45, 2.75) is 48.8 Å². The van der Waals surface area contributed by atoms with Crippen molar-refractivity contribution < 1.29 is 9.59 Å². The maximum atomic E-state index is 12.6. The molecule has 2 aromatic carbocycles. The van der Waals surface area contributed by atoms with Crippen LogP contribution in [0.3, 0.4) is 0 Å². The van der Waals surface area contributed by atoms with Crippen molar-refractivity contribution in [2.75, 3.05) is 11.9 Å². The Labute approximate surface area is 181 Å². The monoisotopic (exact) mass is 428 g/mol. The predicted molar refractivity (Wildman–Crippen MR) is 120 cm³/mol. The number of halogens is 1. The van der Waals surface area contributed by atoms with E-state index in [0.717, 1.165) is 29.1 Å². The van der Waals surface area contributed by atoms with Gasteiger partial charge in [0.15, 0.2) is 0 Å². The molecule has 6 heteroatoms. The van der Waals surface area contributed by atoms with Gasteiger partial charge in [0.25, 0.3) is 5.91 Å². The second-order valence-electron chi connectivity index (χ2n) is 7.06. The highest BCUT2D eigenvalue weighted by Crippen LogP contribution is 2.34. The van der Waals surface area contributed by atoms with Gasteiger partial charge in [-0.3, -0.25) is 9.59 Å². The first-order valence-corrected chi connectivity index (χ1v) is 11.0. The van der Waals surface area contributed by atoms with E-state index in [1.165, 1.54) is 37.1 Å². The Hall–Kier alpha value is -2.24. The summed E-state index contributed by atoms with van der Waals surface area (Å²) in [5.41, 5.74) is 2.59. The van der Waals surface area contributed by atoms with E-state index in [2.05, 4.69) is 16.7 Å². The minimum Gasteiger partial charge on any atom is -0.352 e. The van der Waals surface area contributed by atoms with Crippen molar-refractivity contribution in [2.24, 2.45) is 0 Å². The van der Waals surface area contributed by atoms with Crippen LogP contribution in [-0.4, -0.2) is 18.4 Å². The molecule has 0 saturated heterocycles. The predicted octanol–water partition coefficient (Wildman–Crippen LogP) is 6.07. The lowest BCUT2D eigenvalue weighted by atomic mass is 9.97.